The third-order valence-corrected chi connectivity index (χ3v) is 1.36. The van der Waals surface area contributed by atoms with Gasteiger partial charge in [0.25, 0.3) is 0 Å². The minimum Gasteiger partial charge on any atom is -0.387 e. The van der Waals surface area contributed by atoms with Gasteiger partial charge in [-0.3, -0.25) is 4.98 Å². The normalized spacial score (nSPS) is 13.1. The number of aliphatic hydroxyl groups excluding tert-OH is 1. The lowest BCUT2D eigenvalue weighted by molar-refractivity contribution is 0.194. The molecule has 0 aliphatic heterocycles. The van der Waals surface area contributed by atoms with Gasteiger partial charge in [0.2, 0.25) is 0 Å². The van der Waals surface area contributed by atoms with Crippen LogP contribution in [-0.2, 0) is 0 Å². The fourth-order valence-electron chi connectivity index (χ4n) is 0.726. The third kappa shape index (κ3) is 1.54. The first-order valence-electron chi connectivity index (χ1n) is 3.31. The van der Waals surface area contributed by atoms with Gasteiger partial charge in [0.1, 0.15) is 0 Å². The smallest absolute Gasteiger partial charge is 0.0931 e. The number of nitrogens with zero attached hydrogens (tertiary/aromatic N) is 1. The van der Waals surface area contributed by atoms with Gasteiger partial charge in [-0.2, -0.15) is 0 Å². The fraction of sp³-hybridized carbons (Fsp3) is 0.375. The minimum absolute atomic E-state index is 0.458. The Hall–Kier alpha value is -0.890. The predicted molar refractivity (Wildman–Crippen MR) is 39.6 cm³/mol. The third-order valence-electron chi connectivity index (χ3n) is 1.36. The summed E-state index contributed by atoms with van der Waals surface area (Å²) in [5, 5.41) is 9.05. The van der Waals surface area contributed by atoms with Gasteiger partial charge >= 0.3 is 0 Å². The van der Waals surface area contributed by atoms with E-state index in [9.17, 15) is 0 Å². The Bertz CT molecular complexity index is 203. The molecule has 1 N–H and O–H groups in total. The first-order valence-corrected chi connectivity index (χ1v) is 3.31. The van der Waals surface area contributed by atoms with Crippen LogP contribution in [0.5, 0.6) is 0 Å². The molecule has 54 valence electrons. The summed E-state index contributed by atoms with van der Waals surface area (Å²) >= 11 is 0. The molecule has 0 aromatic carbocycles. The van der Waals surface area contributed by atoms with Crippen LogP contribution in [0.15, 0.2) is 18.3 Å². The highest BCUT2D eigenvalue weighted by Crippen LogP contribution is 2.07. The average Bonchev–Trinajstić information content (AvgIpc) is 1.88. The minimum atomic E-state index is -0.458. The molecule has 2 heteroatoms. The van der Waals surface area contributed by atoms with Gasteiger partial charge in [0.05, 0.1) is 11.8 Å². The summed E-state index contributed by atoms with van der Waals surface area (Å²) < 4.78 is 0. The summed E-state index contributed by atoms with van der Waals surface area (Å²) in [6, 6.07) is 3.77. The van der Waals surface area contributed by atoms with E-state index in [0.29, 0.717) is 0 Å². The molecule has 0 saturated heterocycles. The Labute approximate surface area is 60.5 Å². The number of aliphatic hydroxyl groups is 1. The Kier molecular flexibility index (Phi) is 2.02. The summed E-state index contributed by atoms with van der Waals surface area (Å²) in [5.41, 5.74) is 1.84. The Balaban J connectivity index is 2.89. The van der Waals surface area contributed by atoms with Crippen LogP contribution in [-0.4, -0.2) is 10.1 Å². The van der Waals surface area contributed by atoms with Gasteiger partial charge in [-0.15, -0.1) is 0 Å². The molecule has 2 nitrogen and oxygen atoms in total. The molecule has 0 saturated carbocycles. The number of aryl methyl sites for hydroxylation is 1. The van der Waals surface area contributed by atoms with E-state index in [1.807, 2.05) is 19.1 Å². The summed E-state index contributed by atoms with van der Waals surface area (Å²) in [5.74, 6) is 0. The van der Waals surface area contributed by atoms with Gasteiger partial charge in [-0.25, -0.2) is 0 Å². The maximum Gasteiger partial charge on any atom is 0.0931 e. The SMILES string of the molecule is Cc1ccc([C@@H](C)O)nc1. The van der Waals surface area contributed by atoms with E-state index in [0.717, 1.165) is 11.3 Å². The molecule has 10 heavy (non-hydrogen) atoms. The lowest BCUT2D eigenvalue weighted by Gasteiger charge is -2.01. The summed E-state index contributed by atoms with van der Waals surface area (Å²) in [6.07, 6.45) is 1.29. The first-order chi connectivity index (χ1) is 4.70. The second-order valence-corrected chi connectivity index (χ2v) is 2.44. The quantitative estimate of drug-likeness (QED) is 0.635. The van der Waals surface area contributed by atoms with Crippen LogP contribution in [0.2, 0.25) is 0 Å². The van der Waals surface area contributed by atoms with Crippen LogP contribution in [0.3, 0.4) is 0 Å². The molecular formula is C8H11NO. The molecule has 1 aromatic heterocycles. The second-order valence-electron chi connectivity index (χ2n) is 2.44. The Morgan fingerprint density at radius 2 is 2.20 bits per heavy atom. The van der Waals surface area contributed by atoms with E-state index in [4.69, 9.17) is 5.11 Å². The molecule has 1 aromatic rings. The highest BCUT2D eigenvalue weighted by Gasteiger charge is 1.98. The lowest BCUT2D eigenvalue weighted by atomic mass is 10.2. The van der Waals surface area contributed by atoms with Gasteiger partial charge in [0.15, 0.2) is 0 Å². The summed E-state index contributed by atoms with van der Waals surface area (Å²) in [6.45, 7) is 3.68. The average molecular weight is 137 g/mol. The van der Waals surface area contributed by atoms with E-state index in [-0.39, 0.29) is 0 Å². The van der Waals surface area contributed by atoms with Crippen LogP contribution in [0.4, 0.5) is 0 Å². The molecule has 1 heterocycles. The molecule has 1 atom stereocenters. The molecule has 0 unspecified atom stereocenters. The van der Waals surface area contributed by atoms with E-state index in [1.165, 1.54) is 0 Å². The maximum absolute atomic E-state index is 9.05. The summed E-state index contributed by atoms with van der Waals surface area (Å²) in [4.78, 5) is 4.03. The molecule has 0 bridgehead atoms. The van der Waals surface area contributed by atoms with Crippen molar-refractivity contribution in [3.63, 3.8) is 0 Å². The van der Waals surface area contributed by atoms with Crippen molar-refractivity contribution in [1.82, 2.24) is 4.98 Å². The van der Waals surface area contributed by atoms with Crippen molar-refractivity contribution in [1.29, 1.82) is 0 Å². The number of rotatable bonds is 1. The van der Waals surface area contributed by atoms with Crippen LogP contribution >= 0.6 is 0 Å². The highest BCUT2D eigenvalue weighted by molar-refractivity contribution is 5.13. The van der Waals surface area contributed by atoms with Gasteiger partial charge in [-0.05, 0) is 25.5 Å². The monoisotopic (exact) mass is 137 g/mol. The lowest BCUT2D eigenvalue weighted by Crippen LogP contribution is -1.94. The van der Waals surface area contributed by atoms with Gasteiger partial charge in [-0.1, -0.05) is 6.07 Å². The zero-order chi connectivity index (χ0) is 7.56. The van der Waals surface area contributed by atoms with Gasteiger partial charge in [0, 0.05) is 6.20 Å². The van der Waals surface area contributed by atoms with Crippen molar-refractivity contribution in [2.24, 2.45) is 0 Å². The molecule has 0 radical (unpaired) electrons. The molecule has 1 rings (SSSR count). The van der Waals surface area contributed by atoms with Crippen LogP contribution in [0.1, 0.15) is 24.3 Å². The van der Waals surface area contributed by atoms with Crippen molar-refractivity contribution >= 4 is 0 Å². The van der Waals surface area contributed by atoms with Crippen molar-refractivity contribution in [2.45, 2.75) is 20.0 Å². The Morgan fingerprint density at radius 3 is 2.60 bits per heavy atom. The molecular weight excluding hydrogens is 126 g/mol. The number of hydrogen-bond donors (Lipinski definition) is 1. The number of pyridine rings is 1. The van der Waals surface area contributed by atoms with E-state index >= 15 is 0 Å². The molecule has 0 amide bonds. The van der Waals surface area contributed by atoms with Crippen molar-refractivity contribution < 1.29 is 5.11 Å². The number of hydrogen-bond acceptors (Lipinski definition) is 2. The molecule has 0 aliphatic rings. The van der Waals surface area contributed by atoms with Crippen LogP contribution in [0.25, 0.3) is 0 Å². The second kappa shape index (κ2) is 2.80. The van der Waals surface area contributed by atoms with Crippen molar-refractivity contribution in [3.05, 3.63) is 29.6 Å². The van der Waals surface area contributed by atoms with Crippen LogP contribution < -0.4 is 0 Å². The van der Waals surface area contributed by atoms with Crippen LogP contribution in [0, 0.1) is 6.92 Å². The maximum atomic E-state index is 9.05. The fourth-order valence-corrected chi connectivity index (χ4v) is 0.726. The largest absolute Gasteiger partial charge is 0.387 e. The van der Waals surface area contributed by atoms with E-state index in [1.54, 1.807) is 13.1 Å². The zero-order valence-corrected chi connectivity index (χ0v) is 6.20. The first kappa shape index (κ1) is 7.22. The predicted octanol–water partition coefficient (Wildman–Crippen LogP) is 1.44. The Morgan fingerprint density at radius 1 is 1.50 bits per heavy atom. The highest BCUT2D eigenvalue weighted by atomic mass is 16.3. The molecule has 0 aliphatic carbocycles. The topological polar surface area (TPSA) is 33.1 Å². The van der Waals surface area contributed by atoms with E-state index < -0.39 is 6.10 Å². The standard InChI is InChI=1S/C8H11NO/c1-6-3-4-8(7(2)10)9-5-6/h3-5,7,10H,1-2H3/t7-/m1/s1. The zero-order valence-electron chi connectivity index (χ0n) is 6.20. The van der Waals surface area contributed by atoms with Crippen molar-refractivity contribution in [3.8, 4) is 0 Å². The molecule has 0 spiro atoms. The molecule has 0 fully saturated rings. The van der Waals surface area contributed by atoms with Crippen molar-refractivity contribution in [2.75, 3.05) is 0 Å². The number of aromatic nitrogens is 1. The van der Waals surface area contributed by atoms with Gasteiger partial charge < -0.3 is 5.11 Å². The van der Waals surface area contributed by atoms with E-state index in [2.05, 4.69) is 4.98 Å². The summed E-state index contributed by atoms with van der Waals surface area (Å²) in [7, 11) is 0.